The molecule has 1 saturated heterocycles. The molecule has 3 rings (SSSR count). The lowest BCUT2D eigenvalue weighted by Gasteiger charge is -2.45. The van der Waals surface area contributed by atoms with Gasteiger partial charge in [-0.15, -0.1) is 0 Å². The summed E-state index contributed by atoms with van der Waals surface area (Å²) in [4.78, 5) is 52.6. The Morgan fingerprint density at radius 1 is 1.00 bits per heavy atom. The summed E-state index contributed by atoms with van der Waals surface area (Å²) in [6.45, 7) is 5.78. The largest absolute Gasteiger partial charge is 0.445 e. The number of β-amino-alcohol motifs (C(OH)–C–C–N with tert-alkyl or cyclic N) is 1. The standard InChI is InChI=1S/C31H43N5O7/c1-30(2,3)36-18-22(37)16-31(36,28(33)41)17-25(38)23(14-20-10-6-4-7-11-20)34-27(40)24(15-26(32)39)35-29(42)43-19-21-12-8-5-9-13-21/h4-13,22-25,37-38H,14-19H2,1-3H3,(H2,32,39)(H2,33,41)(H,34,40)(H,35,42)/t22-,23+,24+,25-,31-/m1/s1. The highest BCUT2D eigenvalue weighted by Crippen LogP contribution is 2.39. The van der Waals surface area contributed by atoms with E-state index in [-0.39, 0.29) is 32.4 Å². The van der Waals surface area contributed by atoms with Crippen molar-refractivity contribution in [3.05, 3.63) is 71.8 Å². The summed E-state index contributed by atoms with van der Waals surface area (Å²) in [5.74, 6) is -2.31. The number of hydrogen-bond donors (Lipinski definition) is 6. The van der Waals surface area contributed by atoms with Gasteiger partial charge in [-0.3, -0.25) is 19.3 Å². The predicted octanol–water partition coefficient (Wildman–Crippen LogP) is 0.725. The van der Waals surface area contributed by atoms with Crippen molar-refractivity contribution >= 4 is 23.8 Å². The van der Waals surface area contributed by atoms with E-state index >= 15 is 0 Å². The highest BCUT2D eigenvalue weighted by Gasteiger charge is 2.54. The number of nitrogens with zero attached hydrogens (tertiary/aromatic N) is 1. The van der Waals surface area contributed by atoms with Crippen LogP contribution in [-0.2, 0) is 32.1 Å². The van der Waals surface area contributed by atoms with E-state index in [0.29, 0.717) is 0 Å². The minimum Gasteiger partial charge on any atom is -0.445 e. The number of rotatable bonds is 13. The molecule has 1 heterocycles. The van der Waals surface area contributed by atoms with Crippen LogP contribution in [0.4, 0.5) is 4.79 Å². The molecule has 1 fully saturated rings. The number of primary amides is 2. The average Bonchev–Trinajstić information content (AvgIpc) is 3.29. The number of benzene rings is 2. The lowest BCUT2D eigenvalue weighted by molar-refractivity contribution is -0.135. The summed E-state index contributed by atoms with van der Waals surface area (Å²) >= 11 is 0. The third kappa shape index (κ3) is 9.24. The summed E-state index contributed by atoms with van der Waals surface area (Å²) in [5.41, 5.74) is 10.8. The topological polar surface area (TPSA) is 197 Å². The van der Waals surface area contributed by atoms with Gasteiger partial charge in [-0.25, -0.2) is 4.79 Å². The highest BCUT2D eigenvalue weighted by molar-refractivity contribution is 5.90. The van der Waals surface area contributed by atoms with Gasteiger partial charge in [0, 0.05) is 24.9 Å². The number of aliphatic hydroxyl groups is 2. The number of aliphatic hydroxyl groups excluding tert-OH is 2. The van der Waals surface area contributed by atoms with Gasteiger partial charge < -0.3 is 37.1 Å². The molecule has 0 aliphatic carbocycles. The molecule has 2 aromatic carbocycles. The van der Waals surface area contributed by atoms with Crippen LogP contribution in [0.25, 0.3) is 0 Å². The van der Waals surface area contributed by atoms with Crippen molar-refractivity contribution in [3.8, 4) is 0 Å². The zero-order valence-corrected chi connectivity index (χ0v) is 24.9. The number of carbonyl (C=O) groups is 4. The van der Waals surface area contributed by atoms with Crippen LogP contribution >= 0.6 is 0 Å². The van der Waals surface area contributed by atoms with E-state index in [1.165, 1.54) is 0 Å². The average molecular weight is 598 g/mol. The molecule has 5 atom stereocenters. The molecule has 12 heteroatoms. The third-order valence-electron chi connectivity index (χ3n) is 7.62. The second-order valence-electron chi connectivity index (χ2n) is 12.0. The van der Waals surface area contributed by atoms with Crippen molar-refractivity contribution in [2.75, 3.05) is 6.54 Å². The molecule has 43 heavy (non-hydrogen) atoms. The van der Waals surface area contributed by atoms with Gasteiger partial charge in [0.15, 0.2) is 0 Å². The van der Waals surface area contributed by atoms with Gasteiger partial charge in [0.1, 0.15) is 18.2 Å². The van der Waals surface area contributed by atoms with Crippen molar-refractivity contribution < 1.29 is 34.1 Å². The number of alkyl carbamates (subject to hydrolysis) is 1. The Morgan fingerprint density at radius 3 is 2.12 bits per heavy atom. The number of carbonyl (C=O) groups excluding carboxylic acids is 4. The second-order valence-corrected chi connectivity index (χ2v) is 12.0. The molecule has 0 spiro atoms. The van der Waals surface area contributed by atoms with Gasteiger partial charge in [-0.1, -0.05) is 60.7 Å². The molecule has 1 aliphatic heterocycles. The first kappa shape index (κ1) is 33.5. The molecule has 0 unspecified atom stereocenters. The monoisotopic (exact) mass is 597 g/mol. The minimum atomic E-state index is -1.39. The summed E-state index contributed by atoms with van der Waals surface area (Å²) < 4.78 is 5.21. The van der Waals surface area contributed by atoms with Crippen molar-refractivity contribution in [2.45, 2.75) is 88.4 Å². The Bertz CT molecular complexity index is 1250. The summed E-state index contributed by atoms with van der Waals surface area (Å²) in [7, 11) is 0. The molecular weight excluding hydrogens is 554 g/mol. The predicted molar refractivity (Wildman–Crippen MR) is 159 cm³/mol. The number of hydrogen-bond acceptors (Lipinski definition) is 8. The maximum atomic E-state index is 13.5. The Labute approximate surface area is 251 Å². The van der Waals surface area contributed by atoms with Crippen LogP contribution in [0.1, 0.15) is 51.2 Å². The molecule has 2 aromatic rings. The molecule has 234 valence electrons. The Balaban J connectivity index is 1.83. The van der Waals surface area contributed by atoms with E-state index in [9.17, 15) is 29.4 Å². The van der Waals surface area contributed by atoms with E-state index in [0.717, 1.165) is 11.1 Å². The molecule has 12 nitrogen and oxygen atoms in total. The highest BCUT2D eigenvalue weighted by atomic mass is 16.5. The molecule has 4 amide bonds. The number of ether oxygens (including phenoxy) is 1. The Hall–Kier alpha value is -4.00. The molecule has 0 bridgehead atoms. The lowest BCUT2D eigenvalue weighted by Crippen LogP contribution is -2.63. The van der Waals surface area contributed by atoms with Gasteiger partial charge in [0.05, 0.1) is 24.7 Å². The molecule has 0 radical (unpaired) electrons. The van der Waals surface area contributed by atoms with Crippen LogP contribution in [0, 0.1) is 0 Å². The van der Waals surface area contributed by atoms with E-state index in [2.05, 4.69) is 10.6 Å². The van der Waals surface area contributed by atoms with E-state index < -0.39 is 65.6 Å². The van der Waals surface area contributed by atoms with E-state index in [1.54, 1.807) is 41.3 Å². The number of amides is 4. The van der Waals surface area contributed by atoms with Crippen LogP contribution < -0.4 is 22.1 Å². The van der Waals surface area contributed by atoms with Crippen LogP contribution in [-0.4, -0.2) is 80.8 Å². The lowest BCUT2D eigenvalue weighted by atomic mass is 9.82. The number of nitrogens with one attached hydrogen (secondary N) is 2. The fourth-order valence-corrected chi connectivity index (χ4v) is 5.63. The molecule has 1 aliphatic rings. The van der Waals surface area contributed by atoms with Gasteiger partial charge in [-0.05, 0) is 38.3 Å². The zero-order valence-electron chi connectivity index (χ0n) is 24.9. The van der Waals surface area contributed by atoms with Crippen molar-refractivity contribution in [1.82, 2.24) is 15.5 Å². The van der Waals surface area contributed by atoms with Crippen molar-refractivity contribution in [2.24, 2.45) is 11.5 Å². The number of likely N-dealkylation sites (tertiary alicyclic amines) is 1. The zero-order chi connectivity index (χ0) is 31.8. The Kier molecular flexibility index (Phi) is 11.3. The second kappa shape index (κ2) is 14.5. The molecule has 0 aromatic heterocycles. The Morgan fingerprint density at radius 2 is 1.58 bits per heavy atom. The first-order valence-electron chi connectivity index (χ1n) is 14.2. The van der Waals surface area contributed by atoms with Crippen LogP contribution in [0.15, 0.2) is 60.7 Å². The van der Waals surface area contributed by atoms with Gasteiger partial charge in [0.25, 0.3) is 0 Å². The first-order chi connectivity index (χ1) is 20.2. The van der Waals surface area contributed by atoms with Crippen molar-refractivity contribution in [1.29, 1.82) is 0 Å². The number of nitrogens with two attached hydrogens (primary N) is 2. The summed E-state index contributed by atoms with van der Waals surface area (Å²) in [6, 6.07) is 15.6. The maximum absolute atomic E-state index is 13.5. The van der Waals surface area contributed by atoms with Gasteiger partial charge in [0.2, 0.25) is 17.7 Å². The smallest absolute Gasteiger partial charge is 0.408 e. The SMILES string of the molecule is CC(C)(C)N1C[C@H](O)C[C@@]1(C[C@@H](O)[C@H](Cc1ccccc1)NC(=O)[C@H](CC(N)=O)NC(=O)OCc1ccccc1)C(N)=O. The third-order valence-corrected chi connectivity index (χ3v) is 7.62. The molecule has 8 N–H and O–H groups in total. The first-order valence-corrected chi connectivity index (χ1v) is 14.2. The van der Waals surface area contributed by atoms with Gasteiger partial charge in [-0.2, -0.15) is 0 Å². The van der Waals surface area contributed by atoms with Crippen LogP contribution in [0.2, 0.25) is 0 Å². The maximum Gasteiger partial charge on any atom is 0.408 e. The molecular formula is C31H43N5O7. The molecule has 0 saturated carbocycles. The summed E-state index contributed by atoms with van der Waals surface area (Å²) in [5, 5.41) is 27.3. The van der Waals surface area contributed by atoms with Crippen LogP contribution in [0.5, 0.6) is 0 Å². The normalized spacial score (nSPS) is 20.9. The van der Waals surface area contributed by atoms with E-state index in [4.69, 9.17) is 16.2 Å². The fourth-order valence-electron chi connectivity index (χ4n) is 5.63. The minimum absolute atomic E-state index is 0.0157. The van der Waals surface area contributed by atoms with Crippen LogP contribution in [0.3, 0.4) is 0 Å². The summed E-state index contributed by atoms with van der Waals surface area (Å²) in [6.07, 6.45) is -3.61. The van der Waals surface area contributed by atoms with E-state index in [1.807, 2.05) is 45.0 Å². The van der Waals surface area contributed by atoms with Gasteiger partial charge >= 0.3 is 6.09 Å². The van der Waals surface area contributed by atoms with Crippen molar-refractivity contribution in [3.63, 3.8) is 0 Å². The fraction of sp³-hybridized carbons (Fsp3) is 0.484. The quantitative estimate of drug-likeness (QED) is 0.194.